The third-order valence-electron chi connectivity index (χ3n) is 7.58. The van der Waals surface area contributed by atoms with E-state index in [4.69, 9.17) is 0 Å². The highest BCUT2D eigenvalue weighted by Gasteiger charge is 2.34. The Labute approximate surface area is 177 Å². The molecule has 3 fully saturated rings. The SMILES string of the molecule is Cc1ccccc1CCN1CCC(CN(C(=O)[C@@H]2CCNC2)C2CCCC2)CC1. The molecule has 0 radical (unpaired) electrons. The molecule has 0 aromatic heterocycles. The summed E-state index contributed by atoms with van der Waals surface area (Å²) in [6.45, 7) is 8.66. The van der Waals surface area contributed by atoms with Crippen LogP contribution in [-0.4, -0.2) is 61.0 Å². The van der Waals surface area contributed by atoms with Crippen molar-refractivity contribution in [2.45, 2.75) is 64.3 Å². The molecule has 2 heterocycles. The summed E-state index contributed by atoms with van der Waals surface area (Å²) in [5.41, 5.74) is 2.90. The minimum absolute atomic E-state index is 0.227. The Hall–Kier alpha value is -1.39. The minimum Gasteiger partial charge on any atom is -0.339 e. The van der Waals surface area contributed by atoms with Crippen LogP contribution in [0.15, 0.2) is 24.3 Å². The van der Waals surface area contributed by atoms with Crippen molar-refractivity contribution in [2.24, 2.45) is 11.8 Å². The predicted molar refractivity (Wildman–Crippen MR) is 119 cm³/mol. The number of piperidine rings is 1. The number of benzene rings is 1. The van der Waals surface area contributed by atoms with E-state index in [2.05, 4.69) is 46.3 Å². The number of carbonyl (C=O) groups excluding carboxylic acids is 1. The van der Waals surface area contributed by atoms with Crippen molar-refractivity contribution in [2.75, 3.05) is 39.3 Å². The van der Waals surface area contributed by atoms with Crippen LogP contribution >= 0.6 is 0 Å². The van der Waals surface area contributed by atoms with E-state index in [1.165, 1.54) is 62.7 Å². The Morgan fingerprint density at radius 2 is 1.86 bits per heavy atom. The molecule has 29 heavy (non-hydrogen) atoms. The summed E-state index contributed by atoms with van der Waals surface area (Å²) in [5.74, 6) is 1.36. The van der Waals surface area contributed by atoms with Gasteiger partial charge in [-0.15, -0.1) is 0 Å². The second kappa shape index (κ2) is 10.1. The first-order valence-corrected chi connectivity index (χ1v) is 12.0. The maximum absolute atomic E-state index is 13.2. The predicted octanol–water partition coefficient (Wildman–Crippen LogP) is 3.63. The molecular weight excluding hydrogens is 358 g/mol. The van der Waals surface area contributed by atoms with Crippen LogP contribution in [0.25, 0.3) is 0 Å². The van der Waals surface area contributed by atoms with Crippen LogP contribution in [0.1, 0.15) is 56.1 Å². The molecule has 1 N–H and O–H groups in total. The molecule has 4 rings (SSSR count). The maximum Gasteiger partial charge on any atom is 0.227 e. The van der Waals surface area contributed by atoms with Crippen molar-refractivity contribution in [1.29, 1.82) is 0 Å². The first-order chi connectivity index (χ1) is 14.2. The lowest BCUT2D eigenvalue weighted by molar-refractivity contribution is -0.138. The Balaban J connectivity index is 1.27. The molecule has 1 aliphatic carbocycles. The van der Waals surface area contributed by atoms with E-state index in [0.717, 1.165) is 39.0 Å². The van der Waals surface area contributed by atoms with E-state index in [1.807, 2.05) is 0 Å². The lowest BCUT2D eigenvalue weighted by Crippen LogP contribution is -2.47. The number of amides is 1. The van der Waals surface area contributed by atoms with Gasteiger partial charge in [-0.3, -0.25) is 4.79 Å². The van der Waals surface area contributed by atoms with Crippen molar-refractivity contribution in [3.63, 3.8) is 0 Å². The van der Waals surface area contributed by atoms with Gasteiger partial charge >= 0.3 is 0 Å². The van der Waals surface area contributed by atoms with Gasteiger partial charge in [0.25, 0.3) is 0 Å². The number of nitrogens with one attached hydrogen (secondary N) is 1. The molecule has 1 aromatic carbocycles. The highest BCUT2D eigenvalue weighted by Crippen LogP contribution is 2.29. The zero-order valence-electron chi connectivity index (χ0n) is 18.2. The number of rotatable bonds is 7. The van der Waals surface area contributed by atoms with Crippen molar-refractivity contribution in [3.8, 4) is 0 Å². The van der Waals surface area contributed by atoms with Gasteiger partial charge in [0.1, 0.15) is 0 Å². The Bertz CT molecular complexity index is 656. The van der Waals surface area contributed by atoms with Crippen molar-refractivity contribution < 1.29 is 4.79 Å². The zero-order chi connectivity index (χ0) is 20.1. The van der Waals surface area contributed by atoms with Crippen LogP contribution in [-0.2, 0) is 11.2 Å². The molecule has 0 bridgehead atoms. The number of carbonyl (C=O) groups is 1. The number of aryl methyl sites for hydroxylation is 1. The van der Waals surface area contributed by atoms with Gasteiger partial charge in [0.2, 0.25) is 5.91 Å². The van der Waals surface area contributed by atoms with E-state index in [9.17, 15) is 4.79 Å². The Morgan fingerprint density at radius 1 is 1.10 bits per heavy atom. The van der Waals surface area contributed by atoms with Crippen molar-refractivity contribution in [1.82, 2.24) is 15.1 Å². The first kappa shape index (κ1) is 20.9. The molecule has 0 spiro atoms. The van der Waals surface area contributed by atoms with E-state index < -0.39 is 0 Å². The zero-order valence-corrected chi connectivity index (χ0v) is 18.2. The minimum atomic E-state index is 0.227. The summed E-state index contributed by atoms with van der Waals surface area (Å²) in [6, 6.07) is 9.29. The second-order valence-electron chi connectivity index (χ2n) is 9.58. The van der Waals surface area contributed by atoms with Gasteiger partial charge in [-0.2, -0.15) is 0 Å². The Kier molecular flexibility index (Phi) is 7.25. The van der Waals surface area contributed by atoms with E-state index in [1.54, 1.807) is 0 Å². The standard InChI is InChI=1S/C25H39N3O/c1-20-6-2-3-7-22(20)13-17-27-15-11-21(12-16-27)19-28(24-8-4-5-9-24)25(29)23-10-14-26-18-23/h2-3,6-7,21,23-24,26H,4-5,8-19H2,1H3/t23-/m1/s1. The fourth-order valence-electron chi connectivity index (χ4n) is 5.57. The summed E-state index contributed by atoms with van der Waals surface area (Å²) in [6.07, 6.45) is 9.71. The number of nitrogens with zero attached hydrogens (tertiary/aromatic N) is 2. The summed E-state index contributed by atoms with van der Waals surface area (Å²) < 4.78 is 0. The van der Waals surface area contributed by atoms with Gasteiger partial charge < -0.3 is 15.1 Å². The number of likely N-dealkylation sites (tertiary alicyclic amines) is 1. The molecule has 1 saturated carbocycles. The van der Waals surface area contributed by atoms with Gasteiger partial charge in [0.05, 0.1) is 5.92 Å². The quantitative estimate of drug-likeness (QED) is 0.763. The highest BCUT2D eigenvalue weighted by atomic mass is 16.2. The third-order valence-corrected chi connectivity index (χ3v) is 7.58. The maximum atomic E-state index is 13.2. The molecule has 0 unspecified atom stereocenters. The van der Waals surface area contributed by atoms with Gasteiger partial charge in [-0.05, 0) is 82.1 Å². The van der Waals surface area contributed by atoms with E-state index in [0.29, 0.717) is 17.9 Å². The number of hydrogen-bond acceptors (Lipinski definition) is 3. The molecule has 2 saturated heterocycles. The van der Waals surface area contributed by atoms with E-state index >= 15 is 0 Å². The average Bonchev–Trinajstić information content (AvgIpc) is 3.46. The van der Waals surface area contributed by atoms with E-state index in [-0.39, 0.29) is 5.92 Å². The summed E-state index contributed by atoms with van der Waals surface area (Å²) >= 11 is 0. The molecule has 4 nitrogen and oxygen atoms in total. The van der Waals surface area contributed by atoms with Crippen LogP contribution in [0, 0.1) is 18.8 Å². The smallest absolute Gasteiger partial charge is 0.227 e. The molecule has 160 valence electrons. The monoisotopic (exact) mass is 397 g/mol. The lowest BCUT2D eigenvalue weighted by atomic mass is 9.94. The molecule has 4 heteroatoms. The Morgan fingerprint density at radius 3 is 2.55 bits per heavy atom. The van der Waals surface area contributed by atoms with Crippen LogP contribution in [0.5, 0.6) is 0 Å². The topological polar surface area (TPSA) is 35.6 Å². The number of hydrogen-bond donors (Lipinski definition) is 1. The molecule has 1 atom stereocenters. The second-order valence-corrected chi connectivity index (χ2v) is 9.58. The van der Waals surface area contributed by atoms with Crippen LogP contribution in [0.2, 0.25) is 0 Å². The third kappa shape index (κ3) is 5.40. The van der Waals surface area contributed by atoms with Crippen LogP contribution < -0.4 is 5.32 Å². The summed E-state index contributed by atoms with van der Waals surface area (Å²) in [7, 11) is 0. The fourth-order valence-corrected chi connectivity index (χ4v) is 5.57. The normalized spacial score (nSPS) is 24.2. The largest absolute Gasteiger partial charge is 0.339 e. The molecule has 2 aliphatic heterocycles. The first-order valence-electron chi connectivity index (χ1n) is 12.0. The summed E-state index contributed by atoms with van der Waals surface area (Å²) in [5, 5.41) is 3.39. The van der Waals surface area contributed by atoms with Gasteiger partial charge in [-0.1, -0.05) is 37.1 Å². The lowest BCUT2D eigenvalue weighted by Gasteiger charge is -2.38. The average molecular weight is 398 g/mol. The summed E-state index contributed by atoms with van der Waals surface area (Å²) in [4.78, 5) is 18.2. The molecule has 1 aromatic rings. The highest BCUT2D eigenvalue weighted by molar-refractivity contribution is 5.79. The molecular formula is C25H39N3O. The molecule has 1 amide bonds. The molecule has 3 aliphatic rings. The van der Waals surface area contributed by atoms with Crippen molar-refractivity contribution in [3.05, 3.63) is 35.4 Å². The fraction of sp³-hybridized carbons (Fsp3) is 0.720. The van der Waals surface area contributed by atoms with Gasteiger partial charge in [-0.25, -0.2) is 0 Å². The van der Waals surface area contributed by atoms with Crippen LogP contribution in [0.3, 0.4) is 0 Å². The van der Waals surface area contributed by atoms with Gasteiger partial charge in [0.15, 0.2) is 0 Å². The van der Waals surface area contributed by atoms with Crippen LogP contribution in [0.4, 0.5) is 0 Å². The van der Waals surface area contributed by atoms with Gasteiger partial charge in [0, 0.05) is 25.7 Å². The van der Waals surface area contributed by atoms with Crippen molar-refractivity contribution >= 4 is 5.91 Å².